The number of hydrogen-bond donors (Lipinski definition) is 1. The summed E-state index contributed by atoms with van der Waals surface area (Å²) in [5.41, 5.74) is -0.954. The van der Waals surface area contributed by atoms with E-state index in [9.17, 15) is 9.90 Å². The highest BCUT2D eigenvalue weighted by Crippen LogP contribution is 2.24. The van der Waals surface area contributed by atoms with E-state index >= 15 is 0 Å². The van der Waals surface area contributed by atoms with Crippen LogP contribution in [0.2, 0.25) is 0 Å². The Hall–Kier alpha value is -0.410. The van der Waals surface area contributed by atoms with Crippen LogP contribution in [0.1, 0.15) is 40.5 Å². The maximum atomic E-state index is 11.1. The molecule has 3 nitrogen and oxygen atoms in total. The third-order valence-electron chi connectivity index (χ3n) is 2.90. The molecule has 0 aromatic rings. The molecule has 0 aliphatic rings. The number of nitrogens with zero attached hydrogens (tertiary/aromatic N) is 1. The molecule has 3 heteroatoms. The minimum Gasteiger partial charge on any atom is -0.389 e. The summed E-state index contributed by atoms with van der Waals surface area (Å²) in [7, 11) is 1.95. The Morgan fingerprint density at radius 2 is 1.67 bits per heavy atom. The van der Waals surface area contributed by atoms with Gasteiger partial charge in [-0.05, 0) is 33.7 Å². The first-order valence-corrected chi connectivity index (χ1v) is 5.66. The quantitative estimate of drug-likeness (QED) is 0.657. The highest BCUT2D eigenvalue weighted by atomic mass is 16.3. The molecule has 0 saturated heterocycles. The predicted octanol–water partition coefficient (Wildman–Crippen LogP) is 1.69. The summed E-state index contributed by atoms with van der Waals surface area (Å²) in [6.07, 6.45) is 2.76. The smallest absolute Gasteiger partial charge is 0.127 e. The molecule has 0 heterocycles. The molecule has 0 aromatic heterocycles. The van der Waals surface area contributed by atoms with E-state index in [1.807, 2.05) is 25.8 Å². The average molecular weight is 215 g/mol. The van der Waals surface area contributed by atoms with Crippen molar-refractivity contribution < 1.29 is 9.90 Å². The van der Waals surface area contributed by atoms with Crippen LogP contribution in [0, 0.1) is 5.41 Å². The fourth-order valence-corrected chi connectivity index (χ4v) is 1.93. The summed E-state index contributed by atoms with van der Waals surface area (Å²) >= 11 is 0. The molecular formula is C12H25NO2. The second-order valence-electron chi connectivity index (χ2n) is 5.17. The van der Waals surface area contributed by atoms with E-state index in [1.54, 1.807) is 13.8 Å². The van der Waals surface area contributed by atoms with Gasteiger partial charge in [-0.25, -0.2) is 0 Å². The normalized spacial score (nSPS) is 13.3. The van der Waals surface area contributed by atoms with Gasteiger partial charge in [-0.15, -0.1) is 0 Å². The largest absolute Gasteiger partial charge is 0.389 e. The van der Waals surface area contributed by atoms with Crippen LogP contribution in [0.3, 0.4) is 0 Å². The monoisotopic (exact) mass is 215 g/mol. The van der Waals surface area contributed by atoms with E-state index in [0.29, 0.717) is 13.1 Å². The van der Waals surface area contributed by atoms with Crippen molar-refractivity contribution in [2.24, 2.45) is 5.41 Å². The molecule has 0 aliphatic heterocycles. The van der Waals surface area contributed by atoms with Crippen molar-refractivity contribution in [2.75, 3.05) is 20.1 Å². The number of likely N-dealkylation sites (N-methyl/N-ethyl adjacent to an activating group) is 1. The fraction of sp³-hybridized carbons (Fsp3) is 0.917. The summed E-state index contributed by atoms with van der Waals surface area (Å²) in [6.45, 7) is 8.94. The van der Waals surface area contributed by atoms with Crippen molar-refractivity contribution >= 4 is 6.29 Å². The van der Waals surface area contributed by atoms with Gasteiger partial charge in [0.1, 0.15) is 6.29 Å². The number of aliphatic hydroxyl groups is 1. The highest BCUT2D eigenvalue weighted by Gasteiger charge is 2.28. The number of hydrogen-bond acceptors (Lipinski definition) is 3. The number of carbonyl (C=O) groups excluding carboxylic acids is 1. The third kappa shape index (κ3) is 5.28. The lowest BCUT2D eigenvalue weighted by atomic mass is 9.83. The molecule has 0 radical (unpaired) electrons. The van der Waals surface area contributed by atoms with Crippen molar-refractivity contribution in [1.29, 1.82) is 0 Å². The van der Waals surface area contributed by atoms with Crippen molar-refractivity contribution in [3.8, 4) is 0 Å². The van der Waals surface area contributed by atoms with Crippen LogP contribution < -0.4 is 0 Å². The number of carbonyl (C=O) groups is 1. The molecular weight excluding hydrogens is 190 g/mol. The van der Waals surface area contributed by atoms with Crippen LogP contribution >= 0.6 is 0 Å². The van der Waals surface area contributed by atoms with Crippen molar-refractivity contribution in [3.63, 3.8) is 0 Å². The van der Waals surface area contributed by atoms with Crippen LogP contribution in [0.15, 0.2) is 0 Å². The van der Waals surface area contributed by atoms with Crippen LogP contribution in [0.25, 0.3) is 0 Å². The van der Waals surface area contributed by atoms with Crippen LogP contribution in [-0.4, -0.2) is 42.0 Å². The van der Waals surface area contributed by atoms with E-state index < -0.39 is 5.60 Å². The summed E-state index contributed by atoms with van der Waals surface area (Å²) < 4.78 is 0. The average Bonchev–Trinajstić information content (AvgIpc) is 2.11. The van der Waals surface area contributed by atoms with Gasteiger partial charge in [0.15, 0.2) is 0 Å². The maximum Gasteiger partial charge on any atom is 0.127 e. The fourth-order valence-electron chi connectivity index (χ4n) is 1.93. The Balaban J connectivity index is 4.36. The maximum absolute atomic E-state index is 11.1. The van der Waals surface area contributed by atoms with Gasteiger partial charge in [0.2, 0.25) is 0 Å². The van der Waals surface area contributed by atoms with Gasteiger partial charge in [-0.3, -0.25) is 0 Å². The van der Waals surface area contributed by atoms with Crippen LogP contribution in [0.5, 0.6) is 0 Å². The zero-order valence-corrected chi connectivity index (χ0v) is 10.7. The Kier molecular flexibility index (Phi) is 5.46. The lowest BCUT2D eigenvalue weighted by Crippen LogP contribution is -2.43. The summed E-state index contributed by atoms with van der Waals surface area (Å²) in [6, 6.07) is 0. The van der Waals surface area contributed by atoms with E-state index in [4.69, 9.17) is 0 Å². The summed E-state index contributed by atoms with van der Waals surface area (Å²) in [5, 5.41) is 9.67. The van der Waals surface area contributed by atoms with Crippen molar-refractivity contribution in [2.45, 2.75) is 46.1 Å². The van der Waals surface area contributed by atoms with Gasteiger partial charge in [-0.2, -0.15) is 0 Å². The molecule has 0 aromatic carbocycles. The topological polar surface area (TPSA) is 40.5 Å². The first-order valence-electron chi connectivity index (χ1n) is 5.66. The Morgan fingerprint density at radius 1 is 1.20 bits per heavy atom. The lowest BCUT2D eigenvalue weighted by Gasteiger charge is -2.33. The second-order valence-corrected chi connectivity index (χ2v) is 5.17. The summed E-state index contributed by atoms with van der Waals surface area (Å²) in [5.74, 6) is 0. The third-order valence-corrected chi connectivity index (χ3v) is 2.90. The molecule has 0 rings (SSSR count). The Labute approximate surface area is 93.5 Å². The predicted molar refractivity (Wildman–Crippen MR) is 62.9 cm³/mol. The van der Waals surface area contributed by atoms with Gasteiger partial charge >= 0.3 is 0 Å². The molecule has 0 amide bonds. The SMILES string of the molecule is CCC(C=O)(CC)CN(C)CC(C)(C)O. The Bertz CT molecular complexity index is 192. The highest BCUT2D eigenvalue weighted by molar-refractivity contribution is 5.59. The van der Waals surface area contributed by atoms with Gasteiger partial charge in [0.05, 0.1) is 5.60 Å². The van der Waals surface area contributed by atoms with E-state index in [-0.39, 0.29) is 5.41 Å². The molecule has 90 valence electrons. The standard InChI is InChI=1S/C12H25NO2/c1-6-12(7-2,10-14)9-13(5)8-11(3,4)15/h10,15H,6-9H2,1-5H3. The van der Waals surface area contributed by atoms with Gasteiger partial charge in [-0.1, -0.05) is 13.8 Å². The van der Waals surface area contributed by atoms with Gasteiger partial charge in [0.25, 0.3) is 0 Å². The molecule has 0 spiro atoms. The molecule has 15 heavy (non-hydrogen) atoms. The molecule has 0 bridgehead atoms. The molecule has 0 unspecified atom stereocenters. The first kappa shape index (κ1) is 14.6. The van der Waals surface area contributed by atoms with Crippen LogP contribution in [-0.2, 0) is 4.79 Å². The van der Waals surface area contributed by atoms with Gasteiger partial charge in [0, 0.05) is 18.5 Å². The van der Waals surface area contributed by atoms with Crippen molar-refractivity contribution in [3.05, 3.63) is 0 Å². The molecule has 0 atom stereocenters. The lowest BCUT2D eigenvalue weighted by molar-refractivity contribution is -0.118. The van der Waals surface area contributed by atoms with Crippen molar-refractivity contribution in [1.82, 2.24) is 4.90 Å². The van der Waals surface area contributed by atoms with Crippen LogP contribution in [0.4, 0.5) is 0 Å². The number of aldehydes is 1. The molecule has 0 saturated carbocycles. The zero-order chi connectivity index (χ0) is 12.1. The van der Waals surface area contributed by atoms with Gasteiger partial charge < -0.3 is 14.8 Å². The van der Waals surface area contributed by atoms with E-state index in [0.717, 1.165) is 19.1 Å². The minimum absolute atomic E-state index is 0.250. The zero-order valence-electron chi connectivity index (χ0n) is 10.7. The number of rotatable bonds is 7. The molecule has 0 aliphatic carbocycles. The molecule has 0 fully saturated rings. The second kappa shape index (κ2) is 5.61. The molecule has 1 N–H and O–H groups in total. The summed E-state index contributed by atoms with van der Waals surface area (Å²) in [4.78, 5) is 13.1. The van der Waals surface area contributed by atoms with E-state index in [2.05, 4.69) is 0 Å². The van der Waals surface area contributed by atoms with E-state index in [1.165, 1.54) is 0 Å². The first-order chi connectivity index (χ1) is 6.78. The minimum atomic E-state index is -0.704. The Morgan fingerprint density at radius 3 is 1.93 bits per heavy atom.